The van der Waals surface area contributed by atoms with Gasteiger partial charge in [0, 0.05) is 22.7 Å². The molecule has 3 aromatic carbocycles. The summed E-state index contributed by atoms with van der Waals surface area (Å²) in [5.41, 5.74) is 5.25. The monoisotopic (exact) mass is 374 g/mol. The lowest BCUT2D eigenvalue weighted by atomic mass is 9.99. The lowest BCUT2D eigenvalue weighted by Crippen LogP contribution is -1.99. The van der Waals surface area contributed by atoms with Gasteiger partial charge in [0.05, 0.1) is 5.52 Å². The van der Waals surface area contributed by atoms with E-state index < -0.39 is 0 Å². The summed E-state index contributed by atoms with van der Waals surface area (Å²) in [4.78, 5) is 18.2. The highest BCUT2D eigenvalue weighted by Crippen LogP contribution is 2.29. The number of aryl methyl sites for hydroxylation is 1. The van der Waals surface area contributed by atoms with Gasteiger partial charge < -0.3 is 0 Å². The van der Waals surface area contributed by atoms with Crippen molar-refractivity contribution in [2.75, 3.05) is 0 Å². The van der Waals surface area contributed by atoms with Crippen molar-refractivity contribution in [3.8, 4) is 33.9 Å². The predicted molar refractivity (Wildman–Crippen MR) is 116 cm³/mol. The molecule has 4 nitrogen and oxygen atoms in total. The first-order chi connectivity index (χ1) is 14.3. The molecule has 0 unspecified atom stereocenters. The van der Waals surface area contributed by atoms with Crippen LogP contribution in [-0.2, 0) is 0 Å². The first kappa shape index (κ1) is 17.2. The molecular weight excluding hydrogens is 356 g/mol. The van der Waals surface area contributed by atoms with E-state index in [4.69, 9.17) is 4.98 Å². The molecule has 2 aromatic heterocycles. The zero-order chi connectivity index (χ0) is 19.6. The highest BCUT2D eigenvalue weighted by atomic mass is 15.0. The van der Waals surface area contributed by atoms with E-state index in [0.29, 0.717) is 17.5 Å². The third-order valence-electron chi connectivity index (χ3n) is 4.88. The van der Waals surface area contributed by atoms with Crippen LogP contribution in [0.3, 0.4) is 0 Å². The third-order valence-corrected chi connectivity index (χ3v) is 4.88. The summed E-state index contributed by atoms with van der Waals surface area (Å²) in [5, 5.41) is 1.14. The zero-order valence-electron chi connectivity index (χ0n) is 15.9. The van der Waals surface area contributed by atoms with E-state index in [2.05, 4.69) is 51.4 Å². The van der Waals surface area contributed by atoms with Crippen molar-refractivity contribution >= 4 is 10.9 Å². The summed E-state index contributed by atoms with van der Waals surface area (Å²) >= 11 is 0. The molecule has 138 valence electrons. The molecule has 4 heteroatoms. The van der Waals surface area contributed by atoms with E-state index in [-0.39, 0.29) is 0 Å². The minimum atomic E-state index is 0.683. The fourth-order valence-corrected chi connectivity index (χ4v) is 3.48. The van der Waals surface area contributed by atoms with Crippen LogP contribution >= 0.6 is 0 Å². The van der Waals surface area contributed by atoms with Gasteiger partial charge in [-0.05, 0) is 30.2 Å². The number of benzene rings is 3. The van der Waals surface area contributed by atoms with Gasteiger partial charge in [-0.3, -0.25) is 4.98 Å². The van der Waals surface area contributed by atoms with Crippen LogP contribution in [0, 0.1) is 6.92 Å². The molecule has 29 heavy (non-hydrogen) atoms. The predicted octanol–water partition coefficient (Wildman–Crippen LogP) is 5.73. The third kappa shape index (κ3) is 3.36. The minimum Gasteiger partial charge on any atom is -0.256 e. The van der Waals surface area contributed by atoms with Crippen LogP contribution in [0.25, 0.3) is 44.8 Å². The van der Waals surface area contributed by atoms with Crippen molar-refractivity contribution in [3.63, 3.8) is 0 Å². The molecule has 0 N–H and O–H groups in total. The van der Waals surface area contributed by atoms with Crippen molar-refractivity contribution in [3.05, 3.63) is 97.0 Å². The molecule has 0 amide bonds. The average molecular weight is 374 g/mol. The summed E-state index contributed by atoms with van der Waals surface area (Å²) in [6.07, 6.45) is 1.82. The Labute approximate surface area is 169 Å². The largest absolute Gasteiger partial charge is 0.256 e. The Kier molecular flexibility index (Phi) is 4.30. The minimum absolute atomic E-state index is 0.683. The Balaban J connectivity index is 1.55. The van der Waals surface area contributed by atoms with Crippen LogP contribution in [0.15, 0.2) is 91.1 Å². The summed E-state index contributed by atoms with van der Waals surface area (Å²) in [6, 6.07) is 28.6. The lowest BCUT2D eigenvalue weighted by molar-refractivity contribution is 0.992. The molecule has 0 aliphatic carbocycles. The van der Waals surface area contributed by atoms with Crippen LogP contribution in [-0.4, -0.2) is 19.9 Å². The Morgan fingerprint density at radius 2 is 1.24 bits per heavy atom. The lowest BCUT2D eigenvalue weighted by Gasteiger charge is -2.08. The van der Waals surface area contributed by atoms with Gasteiger partial charge in [0.25, 0.3) is 0 Å². The van der Waals surface area contributed by atoms with Crippen LogP contribution in [0.5, 0.6) is 0 Å². The molecule has 0 radical (unpaired) electrons. The van der Waals surface area contributed by atoms with Crippen LogP contribution in [0.2, 0.25) is 0 Å². The second-order valence-corrected chi connectivity index (χ2v) is 6.85. The summed E-state index contributed by atoms with van der Waals surface area (Å²) in [5.74, 6) is 2.08. The van der Waals surface area contributed by atoms with Gasteiger partial charge in [0.15, 0.2) is 11.6 Å². The summed E-state index contributed by atoms with van der Waals surface area (Å²) in [7, 11) is 0. The van der Waals surface area contributed by atoms with Crippen LogP contribution < -0.4 is 0 Å². The van der Waals surface area contributed by atoms with Gasteiger partial charge in [-0.15, -0.1) is 0 Å². The first-order valence-electron chi connectivity index (χ1n) is 9.50. The van der Waals surface area contributed by atoms with E-state index in [1.807, 2.05) is 61.7 Å². The Bertz CT molecular complexity index is 1290. The van der Waals surface area contributed by atoms with Crippen molar-refractivity contribution in [2.45, 2.75) is 6.92 Å². The number of aromatic nitrogens is 4. The molecule has 0 fully saturated rings. The van der Waals surface area contributed by atoms with Crippen molar-refractivity contribution < 1.29 is 0 Å². The molecule has 0 saturated carbocycles. The first-order valence-corrected chi connectivity index (χ1v) is 9.50. The van der Waals surface area contributed by atoms with Gasteiger partial charge in [-0.25, -0.2) is 15.0 Å². The van der Waals surface area contributed by atoms with Crippen molar-refractivity contribution in [1.29, 1.82) is 0 Å². The number of hydrogen-bond acceptors (Lipinski definition) is 4. The number of nitrogens with zero attached hydrogens (tertiary/aromatic N) is 4. The highest BCUT2D eigenvalue weighted by Gasteiger charge is 2.09. The maximum Gasteiger partial charge on any atom is 0.163 e. The van der Waals surface area contributed by atoms with E-state index in [1.54, 1.807) is 0 Å². The standard InChI is InChI=1S/C25H18N4/c1-17-27-24(19-7-3-2-4-8-19)29-25(28-17)20-14-12-18(13-15-20)21-9-5-11-23-22(21)10-6-16-26-23/h2-16H,1H3. The smallest absolute Gasteiger partial charge is 0.163 e. The van der Waals surface area contributed by atoms with E-state index in [9.17, 15) is 0 Å². The quantitative estimate of drug-likeness (QED) is 0.405. The molecule has 0 bridgehead atoms. The Morgan fingerprint density at radius 3 is 2.00 bits per heavy atom. The van der Waals surface area contributed by atoms with Crippen molar-refractivity contribution in [1.82, 2.24) is 19.9 Å². The topological polar surface area (TPSA) is 51.6 Å². The number of fused-ring (bicyclic) bond motifs is 1. The molecule has 2 heterocycles. The second kappa shape index (κ2) is 7.24. The SMILES string of the molecule is Cc1nc(-c2ccccc2)nc(-c2ccc(-c3cccc4ncccc34)cc2)n1. The molecule has 0 spiro atoms. The van der Waals surface area contributed by atoms with Crippen LogP contribution in [0.4, 0.5) is 0 Å². The van der Waals surface area contributed by atoms with E-state index >= 15 is 0 Å². The van der Waals surface area contributed by atoms with Crippen molar-refractivity contribution in [2.24, 2.45) is 0 Å². The number of pyridine rings is 1. The van der Waals surface area contributed by atoms with E-state index in [1.165, 1.54) is 5.56 Å². The highest BCUT2D eigenvalue weighted by molar-refractivity contribution is 5.94. The van der Waals surface area contributed by atoms with Gasteiger partial charge in [0.1, 0.15) is 5.82 Å². The molecule has 5 rings (SSSR count). The normalized spacial score (nSPS) is 10.9. The average Bonchev–Trinajstić information content (AvgIpc) is 2.79. The molecule has 0 saturated heterocycles. The molecule has 0 atom stereocenters. The molecule has 5 aromatic rings. The van der Waals surface area contributed by atoms with Gasteiger partial charge in [-0.2, -0.15) is 0 Å². The van der Waals surface area contributed by atoms with E-state index in [0.717, 1.165) is 27.6 Å². The maximum absolute atomic E-state index is 4.69. The summed E-state index contributed by atoms with van der Waals surface area (Å²) in [6.45, 7) is 1.90. The van der Waals surface area contributed by atoms with Gasteiger partial charge in [0.2, 0.25) is 0 Å². The Hall–Kier alpha value is -3.92. The zero-order valence-corrected chi connectivity index (χ0v) is 15.9. The summed E-state index contributed by atoms with van der Waals surface area (Å²) < 4.78 is 0. The molecule has 0 aliphatic rings. The fourth-order valence-electron chi connectivity index (χ4n) is 3.48. The number of hydrogen-bond donors (Lipinski definition) is 0. The molecular formula is C25H18N4. The Morgan fingerprint density at radius 1 is 0.552 bits per heavy atom. The maximum atomic E-state index is 4.69. The molecule has 0 aliphatic heterocycles. The van der Waals surface area contributed by atoms with Crippen LogP contribution in [0.1, 0.15) is 5.82 Å². The van der Waals surface area contributed by atoms with Gasteiger partial charge >= 0.3 is 0 Å². The number of rotatable bonds is 3. The fraction of sp³-hybridized carbons (Fsp3) is 0.0400. The second-order valence-electron chi connectivity index (χ2n) is 6.85. The van der Waals surface area contributed by atoms with Gasteiger partial charge in [-0.1, -0.05) is 72.8 Å².